The fourth-order valence-electron chi connectivity index (χ4n) is 3.13. The lowest BCUT2D eigenvalue weighted by Crippen LogP contribution is -2.44. The Hall–Kier alpha value is -1.34. The summed E-state index contributed by atoms with van der Waals surface area (Å²) >= 11 is 1.85. The van der Waals surface area contributed by atoms with Crippen molar-refractivity contribution in [3.63, 3.8) is 0 Å². The van der Waals surface area contributed by atoms with Crippen LogP contribution >= 0.6 is 11.8 Å². The van der Waals surface area contributed by atoms with E-state index in [4.69, 9.17) is 0 Å². The van der Waals surface area contributed by atoms with Crippen LogP contribution in [0.1, 0.15) is 12.8 Å². The molecule has 23 heavy (non-hydrogen) atoms. The zero-order valence-electron chi connectivity index (χ0n) is 12.9. The average Bonchev–Trinajstić information content (AvgIpc) is 2.96. The van der Waals surface area contributed by atoms with Gasteiger partial charge in [0.1, 0.15) is 17.3 Å². The largest absolute Gasteiger partial charge is 0.365 e. The Morgan fingerprint density at radius 3 is 2.87 bits per heavy atom. The van der Waals surface area contributed by atoms with Crippen molar-refractivity contribution >= 4 is 23.4 Å². The maximum absolute atomic E-state index is 13.8. The molecule has 2 N–H and O–H groups in total. The average molecular weight is 341 g/mol. The van der Waals surface area contributed by atoms with Gasteiger partial charge in [0, 0.05) is 49.6 Å². The van der Waals surface area contributed by atoms with Gasteiger partial charge >= 0.3 is 0 Å². The third kappa shape index (κ3) is 4.14. The fraction of sp³-hybridized carbons (Fsp3) is 0.562. The fourth-order valence-corrected chi connectivity index (χ4v) is 4.08. The van der Waals surface area contributed by atoms with Crippen LogP contribution in [-0.4, -0.2) is 49.1 Å². The summed E-state index contributed by atoms with van der Waals surface area (Å²) in [7, 11) is 0. The van der Waals surface area contributed by atoms with E-state index in [2.05, 4.69) is 10.6 Å². The zero-order chi connectivity index (χ0) is 16.2. The molecule has 2 heterocycles. The number of hydrogen-bond donors (Lipinski definition) is 2. The lowest BCUT2D eigenvalue weighted by molar-refractivity contribution is -0.122. The smallest absolute Gasteiger partial charge is 0.221 e. The second-order valence-electron chi connectivity index (χ2n) is 6.00. The number of halogens is 2. The van der Waals surface area contributed by atoms with Crippen molar-refractivity contribution < 1.29 is 13.6 Å². The minimum absolute atomic E-state index is 0.00542. The second-order valence-corrected chi connectivity index (χ2v) is 7.15. The zero-order valence-corrected chi connectivity index (χ0v) is 13.7. The van der Waals surface area contributed by atoms with Crippen LogP contribution in [0, 0.1) is 11.6 Å². The summed E-state index contributed by atoms with van der Waals surface area (Å²) in [5, 5.41) is 6.32. The molecule has 2 aliphatic rings. The van der Waals surface area contributed by atoms with Crippen LogP contribution in [0.25, 0.3) is 0 Å². The summed E-state index contributed by atoms with van der Waals surface area (Å²) in [6.07, 6.45) is 1.16. The highest BCUT2D eigenvalue weighted by Gasteiger charge is 2.28. The lowest BCUT2D eigenvalue weighted by atomic mass is 10.2. The van der Waals surface area contributed by atoms with Crippen molar-refractivity contribution in [2.45, 2.75) is 24.9 Å². The number of rotatable bonds is 4. The minimum atomic E-state index is -0.555. The van der Waals surface area contributed by atoms with Gasteiger partial charge in [-0.2, -0.15) is 11.8 Å². The normalized spacial score (nSPS) is 24.7. The third-order valence-corrected chi connectivity index (χ3v) is 5.37. The summed E-state index contributed by atoms with van der Waals surface area (Å²) in [6, 6.07) is 4.04. The Morgan fingerprint density at radius 1 is 1.39 bits per heavy atom. The Bertz CT molecular complexity index is 546. The van der Waals surface area contributed by atoms with Gasteiger partial charge in [-0.3, -0.25) is 4.79 Å². The predicted molar refractivity (Wildman–Crippen MR) is 88.9 cm³/mol. The summed E-state index contributed by atoms with van der Waals surface area (Å²) < 4.78 is 27.6. The molecule has 0 radical (unpaired) electrons. The van der Waals surface area contributed by atoms with E-state index in [1.807, 2.05) is 11.8 Å². The third-order valence-electron chi connectivity index (χ3n) is 4.24. The number of nitrogens with zero attached hydrogens (tertiary/aromatic N) is 1. The van der Waals surface area contributed by atoms with Gasteiger partial charge in [-0.15, -0.1) is 0 Å². The van der Waals surface area contributed by atoms with Gasteiger partial charge in [0.2, 0.25) is 5.91 Å². The number of carbonyl (C=O) groups is 1. The predicted octanol–water partition coefficient (Wildman–Crippen LogP) is 1.75. The van der Waals surface area contributed by atoms with E-state index < -0.39 is 11.6 Å². The molecular weight excluding hydrogens is 320 g/mol. The van der Waals surface area contributed by atoms with Gasteiger partial charge in [0.25, 0.3) is 0 Å². The van der Waals surface area contributed by atoms with Crippen molar-refractivity contribution in [1.29, 1.82) is 0 Å². The molecule has 0 bridgehead atoms. The van der Waals surface area contributed by atoms with E-state index in [-0.39, 0.29) is 23.7 Å². The van der Waals surface area contributed by atoms with E-state index in [0.29, 0.717) is 25.9 Å². The Morgan fingerprint density at radius 2 is 2.17 bits per heavy atom. The Kier molecular flexibility index (Phi) is 5.38. The number of carbonyl (C=O) groups excluding carboxylic acids is 1. The molecule has 2 atom stereocenters. The van der Waals surface area contributed by atoms with Gasteiger partial charge < -0.3 is 15.5 Å². The molecule has 4 nitrogen and oxygen atoms in total. The number of anilines is 1. The van der Waals surface area contributed by atoms with Crippen LogP contribution in [0.5, 0.6) is 0 Å². The molecule has 126 valence electrons. The van der Waals surface area contributed by atoms with Gasteiger partial charge in [-0.1, -0.05) is 6.07 Å². The highest BCUT2D eigenvalue weighted by Crippen LogP contribution is 2.26. The Balaban J connectivity index is 1.52. The molecule has 2 aliphatic heterocycles. The van der Waals surface area contributed by atoms with E-state index in [9.17, 15) is 13.6 Å². The highest BCUT2D eigenvalue weighted by molar-refractivity contribution is 7.99. The van der Waals surface area contributed by atoms with Crippen molar-refractivity contribution in [3.05, 3.63) is 29.8 Å². The highest BCUT2D eigenvalue weighted by atomic mass is 32.2. The first-order chi connectivity index (χ1) is 11.1. The van der Waals surface area contributed by atoms with E-state index in [0.717, 1.165) is 18.1 Å². The molecule has 3 rings (SSSR count). The van der Waals surface area contributed by atoms with Gasteiger partial charge in [-0.25, -0.2) is 8.78 Å². The Labute approximate surface area is 139 Å². The van der Waals surface area contributed by atoms with Crippen LogP contribution in [0.4, 0.5) is 14.5 Å². The van der Waals surface area contributed by atoms with Crippen molar-refractivity contribution in [2.75, 3.05) is 36.0 Å². The summed E-state index contributed by atoms with van der Waals surface area (Å²) in [5.74, 6) is 0.931. The van der Waals surface area contributed by atoms with Crippen molar-refractivity contribution in [2.24, 2.45) is 0 Å². The summed E-state index contributed by atoms with van der Waals surface area (Å²) in [6.45, 7) is 1.92. The molecule has 2 unspecified atom stereocenters. The van der Waals surface area contributed by atoms with Gasteiger partial charge in [-0.05, 0) is 18.6 Å². The van der Waals surface area contributed by atoms with Gasteiger partial charge in [0.15, 0.2) is 0 Å². The van der Waals surface area contributed by atoms with Crippen LogP contribution in [0.3, 0.4) is 0 Å². The topological polar surface area (TPSA) is 44.4 Å². The second kappa shape index (κ2) is 7.49. The molecule has 0 saturated carbocycles. The number of thioether (sulfide) groups is 1. The molecule has 1 amide bonds. The van der Waals surface area contributed by atoms with E-state index in [1.54, 1.807) is 4.90 Å². The molecule has 2 fully saturated rings. The van der Waals surface area contributed by atoms with Crippen LogP contribution < -0.4 is 15.5 Å². The number of hydrogen-bond acceptors (Lipinski definition) is 4. The standard InChI is InChI=1S/C16H21F2N3OS/c17-13-2-1-3-14(18)16(13)21-6-4-11(9-21)20-15(22)8-12-10-23-7-5-19-12/h1-3,11-12,19H,4-10H2,(H,20,22). The molecule has 7 heteroatoms. The molecule has 0 aromatic heterocycles. The molecule has 0 aliphatic carbocycles. The number of benzene rings is 1. The van der Waals surface area contributed by atoms with E-state index in [1.165, 1.54) is 18.2 Å². The SMILES string of the molecule is O=C(CC1CSCCN1)NC1CCN(c2c(F)cccc2F)C1. The van der Waals surface area contributed by atoms with Crippen LogP contribution in [-0.2, 0) is 4.79 Å². The summed E-state index contributed by atoms with van der Waals surface area (Å²) in [5.41, 5.74) is 0.00889. The monoisotopic (exact) mass is 341 g/mol. The first-order valence-corrected chi connectivity index (χ1v) is 9.08. The maximum Gasteiger partial charge on any atom is 0.221 e. The quantitative estimate of drug-likeness (QED) is 0.876. The first-order valence-electron chi connectivity index (χ1n) is 7.93. The van der Waals surface area contributed by atoms with Crippen LogP contribution in [0.15, 0.2) is 18.2 Å². The van der Waals surface area contributed by atoms with Crippen molar-refractivity contribution in [1.82, 2.24) is 10.6 Å². The molecule has 1 aromatic carbocycles. The summed E-state index contributed by atoms with van der Waals surface area (Å²) in [4.78, 5) is 13.8. The molecule has 0 spiro atoms. The number of amides is 1. The van der Waals surface area contributed by atoms with Crippen molar-refractivity contribution in [3.8, 4) is 0 Å². The lowest BCUT2D eigenvalue weighted by Gasteiger charge is -2.24. The van der Waals surface area contributed by atoms with E-state index >= 15 is 0 Å². The maximum atomic E-state index is 13.8. The minimum Gasteiger partial charge on any atom is -0.365 e. The molecular formula is C16H21F2N3OS. The first kappa shape index (κ1) is 16.5. The van der Waals surface area contributed by atoms with Crippen LogP contribution in [0.2, 0.25) is 0 Å². The number of nitrogens with one attached hydrogen (secondary N) is 2. The molecule has 2 saturated heterocycles. The van der Waals surface area contributed by atoms with Gasteiger partial charge in [0.05, 0.1) is 0 Å². The number of para-hydroxylation sites is 1. The molecule has 1 aromatic rings.